The van der Waals surface area contributed by atoms with Gasteiger partial charge in [0.2, 0.25) is 0 Å². The molecule has 0 aromatic rings. The number of carbonyl (C=O) groups is 1. The third kappa shape index (κ3) is 2.38. The van der Waals surface area contributed by atoms with Crippen LogP contribution in [0.3, 0.4) is 0 Å². The fraction of sp³-hybridized carbons (Fsp3) is 0.952. The molecule has 0 unspecified atom stereocenters. The van der Waals surface area contributed by atoms with E-state index < -0.39 is 0 Å². The van der Waals surface area contributed by atoms with E-state index in [1.165, 1.54) is 57.8 Å². The fourth-order valence-corrected chi connectivity index (χ4v) is 7.66. The van der Waals surface area contributed by atoms with Gasteiger partial charge in [0.15, 0.2) is 0 Å². The molecule has 0 aliphatic heterocycles. The summed E-state index contributed by atoms with van der Waals surface area (Å²) in [5.41, 5.74) is 1.00. The number of esters is 1. The van der Waals surface area contributed by atoms with Crippen molar-refractivity contribution in [3.8, 4) is 0 Å². The Kier molecular flexibility index (Phi) is 3.81. The normalized spacial score (nSPS) is 52.2. The summed E-state index contributed by atoms with van der Waals surface area (Å²) in [6.45, 7) is 6.71. The topological polar surface area (TPSA) is 26.3 Å². The summed E-state index contributed by atoms with van der Waals surface area (Å²) in [6, 6.07) is 0. The quantitative estimate of drug-likeness (QED) is 0.609. The molecule has 4 saturated carbocycles. The van der Waals surface area contributed by atoms with Gasteiger partial charge in [-0.3, -0.25) is 4.79 Å². The van der Waals surface area contributed by atoms with Crippen LogP contribution in [0.2, 0.25) is 0 Å². The number of fused-ring (bicyclic) bond motifs is 5. The molecule has 2 nitrogen and oxygen atoms in total. The minimum Gasteiger partial charge on any atom is -0.462 e. The molecule has 0 amide bonds. The second-order valence-corrected chi connectivity index (χ2v) is 9.70. The van der Waals surface area contributed by atoms with Gasteiger partial charge in [-0.1, -0.05) is 33.1 Å². The lowest BCUT2D eigenvalue weighted by atomic mass is 9.45. The van der Waals surface area contributed by atoms with Crippen LogP contribution in [-0.4, -0.2) is 12.1 Å². The number of hydrogen-bond acceptors (Lipinski definition) is 2. The van der Waals surface area contributed by atoms with Crippen LogP contribution in [0.5, 0.6) is 0 Å². The van der Waals surface area contributed by atoms with Crippen LogP contribution in [-0.2, 0) is 9.53 Å². The monoisotopic (exact) mass is 318 g/mol. The zero-order valence-electron chi connectivity index (χ0n) is 15.3. The zero-order chi connectivity index (χ0) is 16.2. The Morgan fingerprint density at radius 1 is 0.913 bits per heavy atom. The van der Waals surface area contributed by atoms with Gasteiger partial charge in [0, 0.05) is 12.8 Å². The first kappa shape index (κ1) is 16.0. The molecule has 23 heavy (non-hydrogen) atoms. The van der Waals surface area contributed by atoms with Crippen LogP contribution >= 0.6 is 0 Å². The maximum Gasteiger partial charge on any atom is 0.302 e. The Bertz CT molecular complexity index is 486. The molecule has 130 valence electrons. The second kappa shape index (κ2) is 5.49. The molecule has 4 rings (SSSR count). The van der Waals surface area contributed by atoms with Gasteiger partial charge in [-0.2, -0.15) is 0 Å². The molecule has 0 spiro atoms. The average molecular weight is 319 g/mol. The van der Waals surface area contributed by atoms with Gasteiger partial charge in [0.05, 0.1) is 0 Å². The van der Waals surface area contributed by atoms with Crippen molar-refractivity contribution in [3.63, 3.8) is 0 Å². The Morgan fingerprint density at radius 3 is 2.48 bits per heavy atom. The smallest absolute Gasteiger partial charge is 0.302 e. The van der Waals surface area contributed by atoms with E-state index in [1.54, 1.807) is 6.92 Å². The second-order valence-electron chi connectivity index (χ2n) is 9.70. The molecule has 0 radical (unpaired) electrons. The van der Waals surface area contributed by atoms with E-state index in [4.69, 9.17) is 4.74 Å². The summed E-state index contributed by atoms with van der Waals surface area (Å²) in [5, 5.41) is 0. The van der Waals surface area contributed by atoms with Gasteiger partial charge in [0.1, 0.15) is 6.10 Å². The van der Waals surface area contributed by atoms with Crippen molar-refractivity contribution in [3.05, 3.63) is 0 Å². The van der Waals surface area contributed by atoms with Gasteiger partial charge < -0.3 is 4.74 Å². The van der Waals surface area contributed by atoms with Gasteiger partial charge in [-0.25, -0.2) is 0 Å². The highest BCUT2D eigenvalue weighted by Crippen LogP contribution is 2.66. The van der Waals surface area contributed by atoms with Crippen LogP contribution in [0.1, 0.15) is 85.0 Å². The van der Waals surface area contributed by atoms with Gasteiger partial charge in [-0.15, -0.1) is 0 Å². The Balaban J connectivity index is 1.68. The van der Waals surface area contributed by atoms with Crippen LogP contribution in [0.4, 0.5) is 0 Å². The first-order chi connectivity index (χ1) is 10.9. The van der Waals surface area contributed by atoms with E-state index in [2.05, 4.69) is 13.8 Å². The van der Waals surface area contributed by atoms with E-state index in [1.807, 2.05) is 0 Å². The molecule has 7 atom stereocenters. The zero-order valence-corrected chi connectivity index (χ0v) is 15.3. The van der Waals surface area contributed by atoms with E-state index >= 15 is 0 Å². The number of hydrogen-bond donors (Lipinski definition) is 0. The SMILES string of the molecule is CC(=O)O[C@H]1C[C@@H]2[C@@H]3CCC[C@]3(C)CC[C@@H]2[C@]2(C)CCCC[C@H]12. The van der Waals surface area contributed by atoms with Crippen molar-refractivity contribution in [1.29, 1.82) is 0 Å². The van der Waals surface area contributed by atoms with Crippen molar-refractivity contribution in [2.75, 3.05) is 0 Å². The van der Waals surface area contributed by atoms with E-state index in [0.717, 1.165) is 24.2 Å². The molecule has 4 fully saturated rings. The van der Waals surface area contributed by atoms with E-state index in [-0.39, 0.29) is 12.1 Å². The van der Waals surface area contributed by atoms with Crippen LogP contribution in [0.15, 0.2) is 0 Å². The summed E-state index contributed by atoms with van der Waals surface area (Å²) in [4.78, 5) is 11.7. The molecule has 2 heteroatoms. The molecular weight excluding hydrogens is 284 g/mol. The molecule has 0 N–H and O–H groups in total. The summed E-state index contributed by atoms with van der Waals surface area (Å²) < 4.78 is 5.92. The maximum atomic E-state index is 11.7. The van der Waals surface area contributed by atoms with Crippen molar-refractivity contribution in [2.24, 2.45) is 34.5 Å². The predicted molar refractivity (Wildman–Crippen MR) is 91.9 cm³/mol. The highest BCUT2D eigenvalue weighted by atomic mass is 16.5. The average Bonchev–Trinajstić information content (AvgIpc) is 2.88. The van der Waals surface area contributed by atoms with Crippen molar-refractivity contribution >= 4 is 5.97 Å². The van der Waals surface area contributed by atoms with Crippen LogP contribution in [0, 0.1) is 34.5 Å². The lowest BCUT2D eigenvalue weighted by molar-refractivity contribution is -0.182. The van der Waals surface area contributed by atoms with Crippen molar-refractivity contribution < 1.29 is 9.53 Å². The van der Waals surface area contributed by atoms with Gasteiger partial charge in [0.25, 0.3) is 0 Å². The maximum absolute atomic E-state index is 11.7. The predicted octanol–water partition coefficient (Wildman–Crippen LogP) is 5.35. The van der Waals surface area contributed by atoms with Gasteiger partial charge in [-0.05, 0) is 73.5 Å². The Hall–Kier alpha value is -0.530. The van der Waals surface area contributed by atoms with Crippen molar-refractivity contribution in [2.45, 2.75) is 91.1 Å². The number of ether oxygens (including phenoxy) is 1. The third-order valence-corrected chi connectivity index (χ3v) is 8.66. The summed E-state index contributed by atoms with van der Waals surface area (Å²) in [5.74, 6) is 3.13. The summed E-state index contributed by atoms with van der Waals surface area (Å²) in [7, 11) is 0. The molecule has 0 saturated heterocycles. The van der Waals surface area contributed by atoms with Crippen LogP contribution in [0.25, 0.3) is 0 Å². The fourth-order valence-electron chi connectivity index (χ4n) is 7.66. The van der Waals surface area contributed by atoms with Gasteiger partial charge >= 0.3 is 5.97 Å². The lowest BCUT2D eigenvalue weighted by Crippen LogP contribution is -2.57. The molecule has 0 aromatic carbocycles. The Labute approximate surface area is 141 Å². The molecule has 0 aromatic heterocycles. The minimum atomic E-state index is -0.0635. The third-order valence-electron chi connectivity index (χ3n) is 8.66. The number of rotatable bonds is 1. The highest BCUT2D eigenvalue weighted by molar-refractivity contribution is 5.66. The standard InChI is InChI=1S/C21H34O2/c1-14(22)23-19-13-15-16-8-6-10-20(16,2)12-9-17(15)21(3)11-5-4-7-18(19)21/h15-19H,4-13H2,1-3H3/t15-,16+,17+,18-,19+,20-,21+/m1/s1. The van der Waals surface area contributed by atoms with Crippen LogP contribution < -0.4 is 0 Å². The molecular formula is C21H34O2. The Morgan fingerprint density at radius 2 is 1.70 bits per heavy atom. The largest absolute Gasteiger partial charge is 0.462 e. The first-order valence-corrected chi connectivity index (χ1v) is 10.1. The van der Waals surface area contributed by atoms with E-state index in [9.17, 15) is 4.79 Å². The summed E-state index contributed by atoms with van der Waals surface area (Å²) >= 11 is 0. The first-order valence-electron chi connectivity index (χ1n) is 10.1. The molecule has 0 bridgehead atoms. The molecule has 0 heterocycles. The molecule has 4 aliphatic rings. The van der Waals surface area contributed by atoms with Crippen molar-refractivity contribution in [1.82, 2.24) is 0 Å². The summed E-state index contributed by atoms with van der Waals surface area (Å²) in [6.07, 6.45) is 13.8. The highest BCUT2D eigenvalue weighted by Gasteiger charge is 2.60. The number of carbonyl (C=O) groups excluding carboxylic acids is 1. The van der Waals surface area contributed by atoms with E-state index in [0.29, 0.717) is 16.7 Å². The lowest BCUT2D eigenvalue weighted by Gasteiger charge is -2.61. The minimum absolute atomic E-state index is 0.0635. The molecule has 4 aliphatic carbocycles.